The van der Waals surface area contributed by atoms with Crippen molar-refractivity contribution in [3.63, 3.8) is 0 Å². The number of carbonyl (C=O) groups excluding carboxylic acids is 1. The molecule has 0 saturated heterocycles. The molecule has 0 rings (SSSR count). The van der Waals surface area contributed by atoms with Gasteiger partial charge in [-0.2, -0.15) is 0 Å². The number of aliphatic hydroxyl groups excluding tert-OH is 1. The molecule has 0 aliphatic carbocycles. The van der Waals surface area contributed by atoms with Crippen LogP contribution in [-0.2, 0) is 9.59 Å². The zero-order valence-electron chi connectivity index (χ0n) is 7.50. The van der Waals surface area contributed by atoms with Gasteiger partial charge in [-0.3, -0.25) is 9.59 Å². The summed E-state index contributed by atoms with van der Waals surface area (Å²) in [4.78, 5) is 20.7. The average molecular weight is 177 g/mol. The van der Waals surface area contributed by atoms with Gasteiger partial charge in [-0.15, -0.1) is 0 Å². The van der Waals surface area contributed by atoms with E-state index in [0.29, 0.717) is 0 Å². The Hall–Kier alpha value is -1.10. The maximum Gasteiger partial charge on any atom is 0.306 e. The van der Waals surface area contributed by atoms with Crippen LogP contribution in [0.5, 0.6) is 0 Å². The molecule has 0 bridgehead atoms. The van der Waals surface area contributed by atoms with E-state index >= 15 is 0 Å². The summed E-state index contributed by atoms with van der Waals surface area (Å²) in [6.07, 6.45) is 0.0475. The lowest BCUT2D eigenvalue weighted by atomic mass is 10.1. The second-order valence-electron chi connectivity index (χ2n) is 2.12. The molecular weight excluding hydrogens is 162 g/mol. The van der Waals surface area contributed by atoms with Gasteiger partial charge in [-0.05, 0) is 0 Å². The highest BCUT2D eigenvalue weighted by molar-refractivity contribution is 5.81. The van der Waals surface area contributed by atoms with Gasteiger partial charge in [0, 0.05) is 20.6 Å². The van der Waals surface area contributed by atoms with Crippen LogP contribution in [0.15, 0.2) is 0 Å². The minimum Gasteiger partial charge on any atom is -0.481 e. The van der Waals surface area contributed by atoms with Crippen LogP contribution in [0.3, 0.4) is 0 Å². The van der Waals surface area contributed by atoms with Crippen LogP contribution < -0.4 is 5.32 Å². The van der Waals surface area contributed by atoms with Gasteiger partial charge < -0.3 is 15.5 Å². The Labute approximate surface area is 71.4 Å². The highest BCUT2D eigenvalue weighted by Crippen LogP contribution is 1.99. The molecule has 1 unspecified atom stereocenters. The van der Waals surface area contributed by atoms with Crippen LogP contribution in [-0.4, -0.2) is 36.2 Å². The molecule has 0 saturated carbocycles. The molecule has 5 nitrogen and oxygen atoms in total. The van der Waals surface area contributed by atoms with E-state index in [1.54, 1.807) is 0 Å². The number of hydrogen-bond acceptors (Lipinski definition) is 3. The summed E-state index contributed by atoms with van der Waals surface area (Å²) >= 11 is 0. The van der Waals surface area contributed by atoms with Crippen LogP contribution >= 0.6 is 0 Å². The van der Waals surface area contributed by atoms with Gasteiger partial charge >= 0.3 is 5.97 Å². The van der Waals surface area contributed by atoms with Crippen LogP contribution in [0.2, 0.25) is 0 Å². The summed E-state index contributed by atoms with van der Waals surface area (Å²) < 4.78 is 0. The Kier molecular flexibility index (Phi) is 8.99. The van der Waals surface area contributed by atoms with E-state index < -0.39 is 11.9 Å². The third-order valence-corrected chi connectivity index (χ3v) is 1.19. The van der Waals surface area contributed by atoms with Gasteiger partial charge in [-0.25, -0.2) is 0 Å². The smallest absolute Gasteiger partial charge is 0.306 e. The molecule has 0 aromatic heterocycles. The predicted molar refractivity (Wildman–Crippen MR) is 43.6 cm³/mol. The molecule has 0 radical (unpaired) electrons. The van der Waals surface area contributed by atoms with Crippen molar-refractivity contribution >= 4 is 11.9 Å². The normalized spacial score (nSPS) is 10.7. The lowest BCUT2D eigenvalue weighted by Crippen LogP contribution is -2.23. The van der Waals surface area contributed by atoms with Gasteiger partial charge in [0.25, 0.3) is 0 Å². The molecule has 12 heavy (non-hydrogen) atoms. The molecule has 72 valence electrons. The van der Waals surface area contributed by atoms with E-state index in [1.807, 2.05) is 0 Å². The molecule has 1 atom stereocenters. The Morgan fingerprint density at radius 2 is 1.83 bits per heavy atom. The van der Waals surface area contributed by atoms with Crippen molar-refractivity contribution in [2.75, 3.05) is 14.2 Å². The van der Waals surface area contributed by atoms with Gasteiger partial charge in [0.15, 0.2) is 0 Å². The largest absolute Gasteiger partial charge is 0.481 e. The molecule has 0 fully saturated rings. The number of rotatable bonds is 3. The molecule has 0 spiro atoms. The van der Waals surface area contributed by atoms with Crippen molar-refractivity contribution in [2.45, 2.75) is 13.3 Å². The third-order valence-electron chi connectivity index (χ3n) is 1.19. The fourth-order valence-corrected chi connectivity index (χ4v) is 0.467. The van der Waals surface area contributed by atoms with Gasteiger partial charge in [0.1, 0.15) is 0 Å². The lowest BCUT2D eigenvalue weighted by Gasteiger charge is -2.02. The Balaban J connectivity index is 0. The van der Waals surface area contributed by atoms with Crippen molar-refractivity contribution < 1.29 is 19.8 Å². The minimum atomic E-state index is -0.941. The molecular formula is C7H15NO4. The average Bonchev–Trinajstić information content (AvgIpc) is 2.07. The lowest BCUT2D eigenvalue weighted by molar-refractivity contribution is -0.143. The molecule has 1 amide bonds. The first-order chi connectivity index (χ1) is 5.57. The molecule has 5 heteroatoms. The first-order valence-corrected chi connectivity index (χ1v) is 3.46. The molecule has 0 aromatic carbocycles. The number of aliphatic hydroxyl groups is 1. The van der Waals surface area contributed by atoms with E-state index in [0.717, 1.165) is 7.11 Å². The van der Waals surface area contributed by atoms with Crippen LogP contribution in [0.25, 0.3) is 0 Å². The van der Waals surface area contributed by atoms with Crippen molar-refractivity contribution in [1.82, 2.24) is 5.32 Å². The fraction of sp³-hybridized carbons (Fsp3) is 0.714. The van der Waals surface area contributed by atoms with E-state index in [2.05, 4.69) is 5.32 Å². The zero-order chi connectivity index (χ0) is 10.1. The van der Waals surface area contributed by atoms with Crippen molar-refractivity contribution in [2.24, 2.45) is 5.92 Å². The highest BCUT2D eigenvalue weighted by Gasteiger charge is 2.13. The van der Waals surface area contributed by atoms with Crippen molar-refractivity contribution in [3.8, 4) is 0 Å². The molecule has 0 aromatic rings. The Bertz CT molecular complexity index is 146. The maximum atomic E-state index is 10.6. The number of amides is 1. The molecule has 0 aliphatic rings. The van der Waals surface area contributed by atoms with E-state index in [1.165, 1.54) is 14.0 Å². The van der Waals surface area contributed by atoms with Crippen molar-refractivity contribution in [1.29, 1.82) is 0 Å². The maximum absolute atomic E-state index is 10.6. The summed E-state index contributed by atoms with van der Waals surface area (Å²) in [5, 5.41) is 17.7. The highest BCUT2D eigenvalue weighted by atomic mass is 16.4. The van der Waals surface area contributed by atoms with Crippen LogP contribution in [0.1, 0.15) is 13.3 Å². The summed E-state index contributed by atoms with van der Waals surface area (Å²) in [5.41, 5.74) is 0. The monoisotopic (exact) mass is 177 g/mol. The quantitative estimate of drug-likeness (QED) is 0.540. The second-order valence-corrected chi connectivity index (χ2v) is 2.12. The predicted octanol–water partition coefficient (Wildman–Crippen LogP) is -0.548. The first kappa shape index (κ1) is 13.5. The van der Waals surface area contributed by atoms with Crippen LogP contribution in [0.4, 0.5) is 0 Å². The van der Waals surface area contributed by atoms with E-state index in [9.17, 15) is 9.59 Å². The van der Waals surface area contributed by atoms with E-state index in [-0.39, 0.29) is 12.3 Å². The summed E-state index contributed by atoms with van der Waals surface area (Å²) in [7, 11) is 2.48. The van der Waals surface area contributed by atoms with Crippen molar-refractivity contribution in [3.05, 3.63) is 0 Å². The topological polar surface area (TPSA) is 86.6 Å². The summed E-state index contributed by atoms with van der Waals surface area (Å²) in [6.45, 7) is 1.50. The first-order valence-electron chi connectivity index (χ1n) is 3.46. The number of carbonyl (C=O) groups is 2. The number of hydrogen-bond donors (Lipinski definition) is 3. The third kappa shape index (κ3) is 7.01. The van der Waals surface area contributed by atoms with Gasteiger partial charge in [0.2, 0.25) is 5.91 Å². The summed E-state index contributed by atoms with van der Waals surface area (Å²) in [5.74, 6) is -1.78. The second kappa shape index (κ2) is 8.00. The molecule has 0 aliphatic heterocycles. The number of aliphatic carboxylic acids is 1. The number of nitrogens with one attached hydrogen (secondary N) is 1. The number of carboxylic acid groups (broad SMARTS) is 1. The number of carboxylic acids is 1. The molecule has 0 heterocycles. The van der Waals surface area contributed by atoms with Gasteiger partial charge in [-0.1, -0.05) is 6.92 Å². The Morgan fingerprint density at radius 3 is 2.08 bits per heavy atom. The minimum absolute atomic E-state index is 0.0475. The molecule has 3 N–H and O–H groups in total. The SMILES string of the molecule is CNC(=O)CC(C)C(=O)O.CO. The van der Waals surface area contributed by atoms with Crippen LogP contribution in [0, 0.1) is 5.92 Å². The fourth-order valence-electron chi connectivity index (χ4n) is 0.467. The van der Waals surface area contributed by atoms with Gasteiger partial charge in [0.05, 0.1) is 5.92 Å². The standard InChI is InChI=1S/C6H11NO3.CH4O/c1-4(6(9)10)3-5(8)7-2;1-2/h4H,3H2,1-2H3,(H,7,8)(H,9,10);2H,1H3. The Morgan fingerprint density at radius 1 is 1.42 bits per heavy atom. The summed E-state index contributed by atoms with van der Waals surface area (Å²) in [6, 6.07) is 0. The van der Waals surface area contributed by atoms with E-state index in [4.69, 9.17) is 10.2 Å². The zero-order valence-corrected chi connectivity index (χ0v) is 7.50.